The van der Waals surface area contributed by atoms with Crippen LogP contribution in [0.1, 0.15) is 12.5 Å². The maximum absolute atomic E-state index is 10.9. The minimum Gasteiger partial charge on any atom is -0.497 e. The molecule has 110 valence electrons. The Kier molecular flexibility index (Phi) is 4.49. The molecule has 1 N–H and O–H groups in total. The third kappa shape index (κ3) is 3.04. The number of ether oxygens (including phenoxy) is 3. The van der Waals surface area contributed by atoms with Crippen LogP contribution in [0.3, 0.4) is 0 Å². The topological polar surface area (TPSA) is 65.0 Å². The molecular formula is C15H20O5. The van der Waals surface area contributed by atoms with Gasteiger partial charge >= 0.3 is 5.97 Å². The predicted octanol–water partition coefficient (Wildman–Crippen LogP) is 2.19. The summed E-state index contributed by atoms with van der Waals surface area (Å²) in [4.78, 5) is 10.9. The van der Waals surface area contributed by atoms with E-state index in [9.17, 15) is 4.79 Å². The lowest BCUT2D eigenvalue weighted by atomic mass is 10.2. The molecule has 3 atom stereocenters. The van der Waals surface area contributed by atoms with Crippen molar-refractivity contribution in [2.75, 3.05) is 20.8 Å². The molecular weight excluding hydrogens is 260 g/mol. The van der Waals surface area contributed by atoms with Crippen LogP contribution in [0.5, 0.6) is 11.5 Å². The van der Waals surface area contributed by atoms with Crippen LogP contribution < -0.4 is 9.47 Å². The summed E-state index contributed by atoms with van der Waals surface area (Å²) in [6, 6.07) is 5.54. The molecule has 1 fully saturated rings. The van der Waals surface area contributed by atoms with Crippen molar-refractivity contribution in [2.24, 2.45) is 17.8 Å². The van der Waals surface area contributed by atoms with E-state index in [0.717, 1.165) is 11.3 Å². The molecule has 1 aliphatic rings. The van der Waals surface area contributed by atoms with E-state index in [0.29, 0.717) is 19.0 Å². The van der Waals surface area contributed by atoms with Gasteiger partial charge in [0.1, 0.15) is 11.5 Å². The van der Waals surface area contributed by atoms with Crippen LogP contribution in [0.25, 0.3) is 0 Å². The number of methoxy groups -OCH3 is 2. The number of aliphatic carboxylic acids is 1. The van der Waals surface area contributed by atoms with E-state index in [-0.39, 0.29) is 17.8 Å². The van der Waals surface area contributed by atoms with Crippen LogP contribution in [0.4, 0.5) is 0 Å². The van der Waals surface area contributed by atoms with Gasteiger partial charge in [-0.25, -0.2) is 0 Å². The minimum absolute atomic E-state index is 0.122. The number of carboxylic acid groups (broad SMARTS) is 1. The van der Waals surface area contributed by atoms with Gasteiger partial charge in [0.05, 0.1) is 33.4 Å². The molecule has 20 heavy (non-hydrogen) atoms. The highest BCUT2D eigenvalue weighted by Gasteiger charge is 2.51. The normalized spacial score (nSPS) is 24.2. The Balaban J connectivity index is 1.87. The average molecular weight is 280 g/mol. The lowest BCUT2D eigenvalue weighted by Crippen LogP contribution is -2.05. The van der Waals surface area contributed by atoms with Gasteiger partial charge in [0.15, 0.2) is 0 Å². The molecule has 1 aromatic rings. The smallest absolute Gasteiger partial charge is 0.307 e. The SMILES string of the molecule is COc1ccc(COCC2C(C)C2C(=O)O)c(OC)c1. The third-order valence-corrected chi connectivity index (χ3v) is 3.91. The Labute approximate surface area is 118 Å². The van der Waals surface area contributed by atoms with Crippen molar-refractivity contribution < 1.29 is 24.1 Å². The summed E-state index contributed by atoms with van der Waals surface area (Å²) in [5.41, 5.74) is 0.925. The van der Waals surface area contributed by atoms with Crippen molar-refractivity contribution in [1.29, 1.82) is 0 Å². The maximum atomic E-state index is 10.9. The highest BCUT2D eigenvalue weighted by molar-refractivity contribution is 5.74. The van der Waals surface area contributed by atoms with E-state index >= 15 is 0 Å². The van der Waals surface area contributed by atoms with E-state index in [4.69, 9.17) is 19.3 Å². The fourth-order valence-electron chi connectivity index (χ4n) is 2.49. The third-order valence-electron chi connectivity index (χ3n) is 3.91. The highest BCUT2D eigenvalue weighted by atomic mass is 16.5. The van der Waals surface area contributed by atoms with Crippen molar-refractivity contribution in [2.45, 2.75) is 13.5 Å². The van der Waals surface area contributed by atoms with Crippen LogP contribution in [-0.4, -0.2) is 31.9 Å². The summed E-state index contributed by atoms with van der Waals surface area (Å²) in [6.45, 7) is 2.82. The molecule has 1 aromatic carbocycles. The lowest BCUT2D eigenvalue weighted by Gasteiger charge is -2.10. The van der Waals surface area contributed by atoms with E-state index < -0.39 is 5.97 Å². The highest BCUT2D eigenvalue weighted by Crippen LogP contribution is 2.46. The minimum atomic E-state index is -0.729. The van der Waals surface area contributed by atoms with Gasteiger partial charge < -0.3 is 19.3 Å². The van der Waals surface area contributed by atoms with Gasteiger partial charge in [-0.15, -0.1) is 0 Å². The molecule has 2 rings (SSSR count). The molecule has 0 spiro atoms. The summed E-state index contributed by atoms with van der Waals surface area (Å²) in [5, 5.41) is 8.96. The van der Waals surface area contributed by atoms with Gasteiger partial charge in [-0.05, 0) is 24.0 Å². The molecule has 0 aliphatic heterocycles. The number of hydrogen-bond donors (Lipinski definition) is 1. The average Bonchev–Trinajstić information content (AvgIpc) is 3.09. The van der Waals surface area contributed by atoms with E-state index in [1.165, 1.54) is 0 Å². The fraction of sp³-hybridized carbons (Fsp3) is 0.533. The molecule has 0 heterocycles. The number of carboxylic acids is 1. The van der Waals surface area contributed by atoms with Gasteiger partial charge in [-0.1, -0.05) is 6.92 Å². The van der Waals surface area contributed by atoms with E-state index in [1.54, 1.807) is 20.3 Å². The first-order chi connectivity index (χ1) is 9.58. The molecule has 1 aliphatic carbocycles. The molecule has 0 radical (unpaired) electrons. The van der Waals surface area contributed by atoms with Gasteiger partial charge in [-0.3, -0.25) is 4.79 Å². The Morgan fingerprint density at radius 3 is 2.60 bits per heavy atom. The predicted molar refractivity (Wildman–Crippen MR) is 73.0 cm³/mol. The van der Waals surface area contributed by atoms with Crippen molar-refractivity contribution in [1.82, 2.24) is 0 Å². The number of hydrogen-bond acceptors (Lipinski definition) is 4. The summed E-state index contributed by atoms with van der Waals surface area (Å²) < 4.78 is 16.0. The number of carbonyl (C=O) groups is 1. The zero-order valence-corrected chi connectivity index (χ0v) is 12.0. The first kappa shape index (κ1) is 14.7. The van der Waals surface area contributed by atoms with Crippen LogP contribution in [0.2, 0.25) is 0 Å². The molecule has 5 nitrogen and oxygen atoms in total. The van der Waals surface area contributed by atoms with Crippen LogP contribution in [-0.2, 0) is 16.1 Å². The second kappa shape index (κ2) is 6.13. The molecule has 0 aromatic heterocycles. The van der Waals surface area contributed by atoms with Crippen LogP contribution in [0, 0.1) is 17.8 Å². The summed E-state index contributed by atoms with van der Waals surface area (Å²) in [5.74, 6) is 0.776. The standard InChI is InChI=1S/C15H20O5/c1-9-12(14(9)15(16)17)8-20-7-10-4-5-11(18-2)6-13(10)19-3/h4-6,9,12,14H,7-8H2,1-3H3,(H,16,17). The quantitative estimate of drug-likeness (QED) is 0.829. The van der Waals surface area contributed by atoms with Crippen LogP contribution in [0.15, 0.2) is 18.2 Å². The summed E-state index contributed by atoms with van der Waals surface area (Å²) >= 11 is 0. The summed E-state index contributed by atoms with van der Waals surface area (Å²) in [6.07, 6.45) is 0. The van der Waals surface area contributed by atoms with Gasteiger partial charge in [-0.2, -0.15) is 0 Å². The molecule has 1 saturated carbocycles. The van der Waals surface area contributed by atoms with Crippen molar-refractivity contribution in [3.8, 4) is 11.5 Å². The number of benzene rings is 1. The van der Waals surface area contributed by atoms with E-state index in [1.807, 2.05) is 19.1 Å². The zero-order chi connectivity index (χ0) is 14.7. The fourth-order valence-corrected chi connectivity index (χ4v) is 2.49. The van der Waals surface area contributed by atoms with Crippen molar-refractivity contribution in [3.05, 3.63) is 23.8 Å². The largest absolute Gasteiger partial charge is 0.497 e. The Morgan fingerprint density at radius 1 is 1.30 bits per heavy atom. The second-order valence-electron chi connectivity index (χ2n) is 5.08. The van der Waals surface area contributed by atoms with Gasteiger partial charge in [0.2, 0.25) is 0 Å². The molecule has 0 amide bonds. The second-order valence-corrected chi connectivity index (χ2v) is 5.08. The molecule has 3 unspecified atom stereocenters. The van der Waals surface area contributed by atoms with Crippen LogP contribution >= 0.6 is 0 Å². The zero-order valence-electron chi connectivity index (χ0n) is 12.0. The molecule has 5 heteroatoms. The van der Waals surface area contributed by atoms with E-state index in [2.05, 4.69) is 0 Å². The first-order valence-corrected chi connectivity index (χ1v) is 6.60. The first-order valence-electron chi connectivity index (χ1n) is 6.60. The number of rotatable bonds is 7. The maximum Gasteiger partial charge on any atom is 0.307 e. The lowest BCUT2D eigenvalue weighted by molar-refractivity contribution is -0.139. The summed E-state index contributed by atoms with van der Waals surface area (Å²) in [7, 11) is 3.20. The Hall–Kier alpha value is -1.75. The van der Waals surface area contributed by atoms with Crippen molar-refractivity contribution in [3.63, 3.8) is 0 Å². The van der Waals surface area contributed by atoms with Crippen molar-refractivity contribution >= 4 is 5.97 Å². The Morgan fingerprint density at radius 2 is 2.05 bits per heavy atom. The van der Waals surface area contributed by atoms with Gasteiger partial charge in [0.25, 0.3) is 0 Å². The Bertz CT molecular complexity index is 485. The monoisotopic (exact) mass is 280 g/mol. The molecule has 0 saturated heterocycles. The van der Waals surface area contributed by atoms with Gasteiger partial charge in [0, 0.05) is 11.6 Å². The molecule has 0 bridgehead atoms.